The van der Waals surface area contributed by atoms with Crippen LogP contribution in [0.4, 0.5) is 0 Å². The lowest BCUT2D eigenvalue weighted by Crippen LogP contribution is -2.39. The van der Waals surface area contributed by atoms with E-state index in [0.29, 0.717) is 10.8 Å². The van der Waals surface area contributed by atoms with Gasteiger partial charge in [0.15, 0.2) is 0 Å². The number of hydrogen-bond donors (Lipinski definition) is 2. The molecule has 5 nitrogen and oxygen atoms in total. The Bertz CT molecular complexity index is 480. The number of thiophene rings is 1. The highest BCUT2D eigenvalue weighted by Crippen LogP contribution is 2.21. The van der Waals surface area contributed by atoms with Crippen molar-refractivity contribution in [2.45, 2.75) is 30.2 Å². The molecule has 0 fully saturated rings. The molecule has 0 atom stereocenters. The third-order valence-electron chi connectivity index (χ3n) is 2.49. The van der Waals surface area contributed by atoms with Gasteiger partial charge in [0.25, 0.3) is 0 Å². The molecule has 0 amide bonds. The minimum atomic E-state index is -3.44. The number of ether oxygens (including phenoxy) is 1. The SMILES string of the molecule is CNCc1ccc(S(=O)(=O)NCC(C)(C)OC)s1. The highest BCUT2D eigenvalue weighted by molar-refractivity contribution is 7.91. The second-order valence-electron chi connectivity index (χ2n) is 4.54. The monoisotopic (exact) mass is 292 g/mol. The zero-order valence-corrected chi connectivity index (χ0v) is 12.7. The lowest BCUT2D eigenvalue weighted by Gasteiger charge is -2.22. The molecule has 1 heterocycles. The van der Waals surface area contributed by atoms with Gasteiger partial charge in [0.05, 0.1) is 5.60 Å². The van der Waals surface area contributed by atoms with Crippen LogP contribution in [0.5, 0.6) is 0 Å². The van der Waals surface area contributed by atoms with Crippen molar-refractivity contribution < 1.29 is 13.2 Å². The fourth-order valence-electron chi connectivity index (χ4n) is 1.18. The Kier molecular flexibility index (Phi) is 5.30. The average molecular weight is 292 g/mol. The van der Waals surface area contributed by atoms with E-state index in [1.807, 2.05) is 27.0 Å². The molecule has 2 N–H and O–H groups in total. The van der Waals surface area contributed by atoms with Gasteiger partial charge in [-0.25, -0.2) is 13.1 Å². The Morgan fingerprint density at radius 1 is 1.39 bits per heavy atom. The smallest absolute Gasteiger partial charge is 0.250 e. The molecule has 0 radical (unpaired) electrons. The van der Waals surface area contributed by atoms with Gasteiger partial charge >= 0.3 is 0 Å². The normalized spacial score (nSPS) is 12.9. The highest BCUT2D eigenvalue weighted by Gasteiger charge is 2.22. The van der Waals surface area contributed by atoms with Crippen LogP contribution in [-0.2, 0) is 21.3 Å². The summed E-state index contributed by atoms with van der Waals surface area (Å²) in [6, 6.07) is 3.44. The van der Waals surface area contributed by atoms with Crippen molar-refractivity contribution in [1.29, 1.82) is 0 Å². The Balaban J connectivity index is 2.74. The molecule has 0 aliphatic carbocycles. The van der Waals surface area contributed by atoms with E-state index in [1.54, 1.807) is 13.2 Å². The number of nitrogens with one attached hydrogen (secondary N) is 2. The minimum Gasteiger partial charge on any atom is -0.377 e. The Morgan fingerprint density at radius 3 is 2.61 bits per heavy atom. The van der Waals surface area contributed by atoms with Crippen LogP contribution in [0.3, 0.4) is 0 Å². The van der Waals surface area contributed by atoms with E-state index in [0.717, 1.165) is 4.88 Å². The lowest BCUT2D eigenvalue weighted by molar-refractivity contribution is 0.0276. The van der Waals surface area contributed by atoms with Crippen LogP contribution in [0, 0.1) is 0 Å². The molecule has 0 aliphatic rings. The molecule has 104 valence electrons. The second kappa shape index (κ2) is 6.12. The van der Waals surface area contributed by atoms with Gasteiger partial charge in [-0.15, -0.1) is 11.3 Å². The molecule has 0 saturated carbocycles. The van der Waals surface area contributed by atoms with E-state index in [9.17, 15) is 8.42 Å². The van der Waals surface area contributed by atoms with E-state index in [-0.39, 0.29) is 6.54 Å². The molecular formula is C11H20N2O3S2. The molecule has 0 aromatic carbocycles. The molecule has 7 heteroatoms. The number of sulfonamides is 1. The first-order valence-corrected chi connectivity index (χ1v) is 7.89. The number of methoxy groups -OCH3 is 1. The fourth-order valence-corrected chi connectivity index (χ4v) is 3.79. The van der Waals surface area contributed by atoms with Crippen LogP contribution in [0.25, 0.3) is 0 Å². The predicted molar refractivity (Wildman–Crippen MR) is 73.4 cm³/mol. The Hall–Kier alpha value is -0.470. The molecular weight excluding hydrogens is 272 g/mol. The van der Waals surface area contributed by atoms with E-state index in [4.69, 9.17) is 4.74 Å². The van der Waals surface area contributed by atoms with E-state index in [1.165, 1.54) is 11.3 Å². The van der Waals surface area contributed by atoms with Crippen LogP contribution in [-0.4, -0.2) is 34.7 Å². The Labute approximate surface area is 113 Å². The largest absolute Gasteiger partial charge is 0.377 e. The summed E-state index contributed by atoms with van der Waals surface area (Å²) < 4.78 is 32.1. The van der Waals surface area contributed by atoms with E-state index in [2.05, 4.69) is 10.0 Å². The van der Waals surface area contributed by atoms with Gasteiger partial charge in [0.2, 0.25) is 10.0 Å². The van der Waals surface area contributed by atoms with Crippen LogP contribution in [0.15, 0.2) is 16.3 Å². The standard InChI is InChI=1S/C11H20N2O3S2/c1-11(2,16-4)8-13-18(14,15)10-6-5-9(17-10)7-12-3/h5-6,12-13H,7-8H2,1-4H3. The summed E-state index contributed by atoms with van der Waals surface area (Å²) in [4.78, 5) is 0.990. The highest BCUT2D eigenvalue weighted by atomic mass is 32.2. The summed E-state index contributed by atoms with van der Waals surface area (Å²) in [7, 11) is -0.0537. The quantitative estimate of drug-likeness (QED) is 0.791. The molecule has 0 bridgehead atoms. The maximum atomic E-state index is 12.0. The van der Waals surface area contributed by atoms with E-state index >= 15 is 0 Å². The second-order valence-corrected chi connectivity index (χ2v) is 7.70. The third kappa shape index (κ3) is 4.33. The summed E-state index contributed by atoms with van der Waals surface area (Å²) in [5, 5.41) is 2.99. The number of rotatable bonds is 7. The van der Waals surface area contributed by atoms with E-state index < -0.39 is 15.6 Å². The molecule has 18 heavy (non-hydrogen) atoms. The van der Waals surface area contributed by atoms with Crippen LogP contribution < -0.4 is 10.0 Å². The van der Waals surface area contributed by atoms with Gasteiger partial charge < -0.3 is 10.1 Å². The number of hydrogen-bond acceptors (Lipinski definition) is 5. The molecule has 1 aromatic rings. The van der Waals surface area contributed by atoms with Gasteiger partial charge in [0, 0.05) is 25.1 Å². The first-order valence-electron chi connectivity index (χ1n) is 5.59. The van der Waals surface area contributed by atoms with Gasteiger partial charge in [0.1, 0.15) is 4.21 Å². The minimum absolute atomic E-state index is 0.241. The molecule has 1 rings (SSSR count). The molecule has 0 aliphatic heterocycles. The van der Waals surface area contributed by atoms with Gasteiger partial charge in [-0.2, -0.15) is 0 Å². The maximum Gasteiger partial charge on any atom is 0.250 e. The van der Waals surface area contributed by atoms with Crippen molar-refractivity contribution in [2.24, 2.45) is 0 Å². The fraction of sp³-hybridized carbons (Fsp3) is 0.636. The van der Waals surface area contributed by atoms with Crippen molar-refractivity contribution in [1.82, 2.24) is 10.0 Å². The van der Waals surface area contributed by atoms with Crippen molar-refractivity contribution in [2.75, 3.05) is 20.7 Å². The summed E-state index contributed by atoms with van der Waals surface area (Å²) in [5.41, 5.74) is -0.516. The summed E-state index contributed by atoms with van der Waals surface area (Å²) in [5.74, 6) is 0. The van der Waals surface area contributed by atoms with Gasteiger partial charge in [-0.1, -0.05) is 0 Å². The van der Waals surface area contributed by atoms with Gasteiger partial charge in [-0.3, -0.25) is 0 Å². The maximum absolute atomic E-state index is 12.0. The summed E-state index contributed by atoms with van der Waals surface area (Å²) in [6.07, 6.45) is 0. The molecule has 0 saturated heterocycles. The van der Waals surface area contributed by atoms with Crippen molar-refractivity contribution >= 4 is 21.4 Å². The van der Waals surface area contributed by atoms with Crippen molar-refractivity contribution in [3.63, 3.8) is 0 Å². The molecule has 0 spiro atoms. The Morgan fingerprint density at radius 2 is 2.06 bits per heavy atom. The average Bonchev–Trinajstić information content (AvgIpc) is 2.77. The first-order chi connectivity index (χ1) is 8.30. The van der Waals surface area contributed by atoms with Gasteiger partial charge in [-0.05, 0) is 33.0 Å². The van der Waals surface area contributed by atoms with Crippen LogP contribution >= 0.6 is 11.3 Å². The topological polar surface area (TPSA) is 67.4 Å². The summed E-state index contributed by atoms with van der Waals surface area (Å²) in [6.45, 7) is 4.57. The molecule has 0 unspecified atom stereocenters. The first kappa shape index (κ1) is 15.6. The third-order valence-corrected chi connectivity index (χ3v) is 5.47. The van der Waals surface area contributed by atoms with Crippen LogP contribution in [0.2, 0.25) is 0 Å². The lowest BCUT2D eigenvalue weighted by atomic mass is 10.1. The molecule has 1 aromatic heterocycles. The zero-order chi connectivity index (χ0) is 13.8. The summed E-state index contributed by atoms with van der Waals surface area (Å²) >= 11 is 1.27. The van der Waals surface area contributed by atoms with Crippen LogP contribution in [0.1, 0.15) is 18.7 Å². The predicted octanol–water partition coefficient (Wildman–Crippen LogP) is 1.17. The van der Waals surface area contributed by atoms with Crippen molar-refractivity contribution in [3.8, 4) is 0 Å². The zero-order valence-electron chi connectivity index (χ0n) is 11.1. The van der Waals surface area contributed by atoms with Crippen molar-refractivity contribution in [3.05, 3.63) is 17.0 Å².